The fraction of sp³-hybridized carbons (Fsp3) is 0.190. The Balaban J connectivity index is 0.000000260. The zero-order chi connectivity index (χ0) is 20.9. The molecule has 1 N–H and O–H groups in total. The van der Waals surface area contributed by atoms with Gasteiger partial charge in [0.25, 0.3) is 0 Å². The third-order valence-electron chi connectivity index (χ3n) is 3.34. The van der Waals surface area contributed by atoms with Crippen molar-refractivity contribution in [3.63, 3.8) is 0 Å². The van der Waals surface area contributed by atoms with Gasteiger partial charge in [0, 0.05) is 28.5 Å². The zero-order valence-corrected chi connectivity index (χ0v) is 16.9. The fourth-order valence-corrected chi connectivity index (χ4v) is 2.90. The standard InChI is InChI=1S/C11H10N2O.C8H8O3S.C2H6/c1-9(14)10-2-4-11(5-3-10)13-7-6-12-8-13;9-8(10)6-12(11)7-4-2-1-3-5-7;1-2/h2-8H,1H3;1-5H,6H2,(H,9,10);1-2H3. The maximum absolute atomic E-state index is 11.2. The number of carbonyl (C=O) groups excluding carboxylic acids is 1. The normalized spacial score (nSPS) is 10.5. The number of nitrogens with zero attached hydrogens (tertiary/aromatic N) is 2. The number of aromatic nitrogens is 2. The molecule has 0 fully saturated rings. The summed E-state index contributed by atoms with van der Waals surface area (Å²) in [7, 11) is -1.41. The van der Waals surface area contributed by atoms with Crippen molar-refractivity contribution < 1.29 is 18.9 Å². The lowest BCUT2D eigenvalue weighted by Crippen LogP contribution is -2.08. The number of hydrogen-bond donors (Lipinski definition) is 1. The summed E-state index contributed by atoms with van der Waals surface area (Å²) in [4.78, 5) is 25.7. The number of ketones is 1. The van der Waals surface area contributed by atoms with Gasteiger partial charge in [0.05, 0.1) is 17.1 Å². The molecule has 7 heteroatoms. The van der Waals surface area contributed by atoms with Crippen LogP contribution in [0.5, 0.6) is 0 Å². The van der Waals surface area contributed by atoms with Crippen LogP contribution < -0.4 is 0 Å². The van der Waals surface area contributed by atoms with E-state index in [-0.39, 0.29) is 11.5 Å². The molecule has 3 aromatic rings. The van der Waals surface area contributed by atoms with Gasteiger partial charge < -0.3 is 9.67 Å². The van der Waals surface area contributed by atoms with E-state index in [0.29, 0.717) is 4.90 Å². The highest BCUT2D eigenvalue weighted by molar-refractivity contribution is 7.85. The summed E-state index contributed by atoms with van der Waals surface area (Å²) >= 11 is 0. The van der Waals surface area contributed by atoms with E-state index in [1.807, 2.05) is 48.9 Å². The lowest BCUT2D eigenvalue weighted by atomic mass is 10.1. The van der Waals surface area contributed by atoms with Crippen molar-refractivity contribution in [2.45, 2.75) is 25.7 Å². The molecule has 1 atom stereocenters. The number of carbonyl (C=O) groups is 2. The largest absolute Gasteiger partial charge is 0.481 e. The van der Waals surface area contributed by atoms with Crippen LogP contribution in [0, 0.1) is 0 Å². The molecule has 0 aliphatic heterocycles. The van der Waals surface area contributed by atoms with E-state index in [0.717, 1.165) is 11.3 Å². The van der Waals surface area contributed by atoms with E-state index in [2.05, 4.69) is 4.98 Å². The third kappa shape index (κ3) is 7.67. The smallest absolute Gasteiger partial charge is 0.316 e. The summed E-state index contributed by atoms with van der Waals surface area (Å²) in [6.07, 6.45) is 5.31. The molecule has 0 saturated heterocycles. The molecule has 1 aromatic heterocycles. The lowest BCUT2D eigenvalue weighted by Gasteiger charge is -2.01. The fourth-order valence-electron chi connectivity index (χ4n) is 2.05. The molecule has 148 valence electrons. The maximum Gasteiger partial charge on any atom is 0.316 e. The summed E-state index contributed by atoms with van der Waals surface area (Å²) in [5, 5.41) is 8.35. The van der Waals surface area contributed by atoms with Crippen LogP contribution in [0.4, 0.5) is 0 Å². The first kappa shape index (κ1) is 23.0. The number of carboxylic acid groups (broad SMARTS) is 1. The van der Waals surface area contributed by atoms with Gasteiger partial charge in [-0.05, 0) is 43.3 Å². The average Bonchev–Trinajstić information content (AvgIpc) is 3.25. The molecule has 0 amide bonds. The molecule has 1 heterocycles. The van der Waals surface area contributed by atoms with Gasteiger partial charge in [0.2, 0.25) is 0 Å². The predicted octanol–water partition coefficient (Wildman–Crippen LogP) is 3.98. The highest BCUT2D eigenvalue weighted by Crippen LogP contribution is 2.09. The van der Waals surface area contributed by atoms with Crippen LogP contribution in [0.15, 0.2) is 78.2 Å². The molecular weight excluding hydrogens is 376 g/mol. The van der Waals surface area contributed by atoms with Crippen LogP contribution in [0.3, 0.4) is 0 Å². The number of hydrogen-bond acceptors (Lipinski definition) is 4. The number of Topliss-reactive ketones (excluding diaryl/α,β-unsaturated/α-hetero) is 1. The van der Waals surface area contributed by atoms with Gasteiger partial charge in [-0.2, -0.15) is 0 Å². The Morgan fingerprint density at radius 2 is 1.64 bits per heavy atom. The van der Waals surface area contributed by atoms with Crippen LogP contribution in [-0.4, -0.2) is 36.4 Å². The molecule has 0 radical (unpaired) electrons. The first-order valence-electron chi connectivity index (χ1n) is 8.72. The summed E-state index contributed by atoms with van der Waals surface area (Å²) < 4.78 is 13.1. The van der Waals surface area contributed by atoms with Crippen molar-refractivity contribution in [2.75, 3.05) is 5.75 Å². The van der Waals surface area contributed by atoms with E-state index < -0.39 is 16.8 Å². The number of rotatable bonds is 5. The summed E-state index contributed by atoms with van der Waals surface area (Å²) in [5.74, 6) is -1.29. The second kappa shape index (κ2) is 12.3. The van der Waals surface area contributed by atoms with Crippen LogP contribution in [-0.2, 0) is 15.6 Å². The quantitative estimate of drug-likeness (QED) is 0.654. The second-order valence-corrected chi connectivity index (χ2v) is 6.72. The van der Waals surface area contributed by atoms with Gasteiger partial charge in [-0.3, -0.25) is 13.8 Å². The number of benzene rings is 2. The zero-order valence-electron chi connectivity index (χ0n) is 16.1. The molecule has 0 bridgehead atoms. The van der Waals surface area contributed by atoms with Crippen molar-refractivity contribution in [1.29, 1.82) is 0 Å². The molecule has 0 spiro atoms. The minimum absolute atomic E-state index is 0.0854. The van der Waals surface area contributed by atoms with Crippen molar-refractivity contribution in [1.82, 2.24) is 9.55 Å². The highest BCUT2D eigenvalue weighted by atomic mass is 32.2. The Morgan fingerprint density at radius 1 is 1.04 bits per heavy atom. The van der Waals surface area contributed by atoms with Crippen molar-refractivity contribution in [3.05, 3.63) is 78.9 Å². The van der Waals surface area contributed by atoms with Gasteiger partial charge in [0.15, 0.2) is 5.78 Å². The minimum Gasteiger partial charge on any atom is -0.481 e. The van der Waals surface area contributed by atoms with Gasteiger partial charge in [-0.25, -0.2) is 4.98 Å². The summed E-state index contributed by atoms with van der Waals surface area (Å²) in [6.45, 7) is 5.56. The Bertz CT molecular complexity index is 877. The Hall–Kier alpha value is -3.06. The molecule has 3 rings (SSSR count). The first-order valence-corrected chi connectivity index (χ1v) is 10.0. The molecule has 28 heavy (non-hydrogen) atoms. The Morgan fingerprint density at radius 3 is 2.11 bits per heavy atom. The van der Waals surface area contributed by atoms with Gasteiger partial charge >= 0.3 is 5.97 Å². The summed E-state index contributed by atoms with van der Waals surface area (Å²) in [5.41, 5.74) is 1.74. The van der Waals surface area contributed by atoms with E-state index in [1.165, 1.54) is 0 Å². The third-order valence-corrected chi connectivity index (χ3v) is 4.64. The maximum atomic E-state index is 11.2. The number of aliphatic carboxylic acids is 1. The Labute approximate surface area is 167 Å². The van der Waals surface area contributed by atoms with Crippen LogP contribution in [0.25, 0.3) is 5.69 Å². The van der Waals surface area contributed by atoms with Gasteiger partial charge in [-0.15, -0.1) is 0 Å². The van der Waals surface area contributed by atoms with Crippen LogP contribution in [0.1, 0.15) is 31.1 Å². The van der Waals surface area contributed by atoms with E-state index in [9.17, 15) is 13.8 Å². The molecule has 6 nitrogen and oxygen atoms in total. The van der Waals surface area contributed by atoms with Crippen LogP contribution in [0.2, 0.25) is 0 Å². The topological polar surface area (TPSA) is 89.3 Å². The highest BCUT2D eigenvalue weighted by Gasteiger charge is 2.07. The van der Waals surface area contributed by atoms with Crippen molar-refractivity contribution >= 4 is 22.6 Å². The van der Waals surface area contributed by atoms with E-state index >= 15 is 0 Å². The van der Waals surface area contributed by atoms with Gasteiger partial charge in [-0.1, -0.05) is 32.0 Å². The Kier molecular flexibility index (Phi) is 10.1. The molecule has 0 aliphatic rings. The lowest BCUT2D eigenvalue weighted by molar-refractivity contribution is -0.133. The molecule has 1 unspecified atom stereocenters. The van der Waals surface area contributed by atoms with E-state index in [1.54, 1.807) is 49.8 Å². The average molecular weight is 401 g/mol. The van der Waals surface area contributed by atoms with E-state index in [4.69, 9.17) is 5.11 Å². The monoisotopic (exact) mass is 400 g/mol. The second-order valence-electron chi connectivity index (χ2n) is 5.27. The van der Waals surface area contributed by atoms with Crippen molar-refractivity contribution in [3.8, 4) is 5.69 Å². The van der Waals surface area contributed by atoms with Crippen molar-refractivity contribution in [2.24, 2.45) is 0 Å². The predicted molar refractivity (Wildman–Crippen MR) is 110 cm³/mol. The first-order chi connectivity index (χ1) is 13.5. The molecular formula is C21H24N2O4S. The summed E-state index contributed by atoms with van der Waals surface area (Å²) in [6, 6.07) is 16.0. The molecule has 2 aromatic carbocycles. The minimum atomic E-state index is -1.41. The number of imidazole rings is 1. The SMILES string of the molecule is CC.CC(=O)c1ccc(-n2ccnc2)cc1.O=C(O)CS(=O)c1ccccc1. The molecule has 0 saturated carbocycles. The number of carboxylic acids is 1. The van der Waals surface area contributed by atoms with Gasteiger partial charge in [0.1, 0.15) is 5.75 Å². The van der Waals surface area contributed by atoms with Crippen LogP contribution >= 0.6 is 0 Å². The molecule has 0 aliphatic carbocycles.